The van der Waals surface area contributed by atoms with Crippen LogP contribution in [0, 0.1) is 12.7 Å². The van der Waals surface area contributed by atoms with E-state index in [1.54, 1.807) is 19.1 Å². The van der Waals surface area contributed by atoms with E-state index in [-0.39, 0.29) is 5.82 Å². The molecule has 0 aliphatic rings. The fourth-order valence-corrected chi connectivity index (χ4v) is 0.668. The normalized spacial score (nSPS) is 7.54. The topological polar surface area (TPSA) is 26.0 Å². The van der Waals surface area contributed by atoms with Gasteiger partial charge in [-0.2, -0.15) is 0 Å². The van der Waals surface area contributed by atoms with Gasteiger partial charge in [-0.05, 0) is 30.7 Å². The first kappa shape index (κ1) is 14.5. The van der Waals surface area contributed by atoms with Crippen LogP contribution in [0.25, 0.3) is 0 Å². The molecule has 0 aliphatic heterocycles. The summed E-state index contributed by atoms with van der Waals surface area (Å²) in [5.41, 5.74) is 6.56. The van der Waals surface area contributed by atoms with E-state index in [0.717, 1.165) is 0 Å². The van der Waals surface area contributed by atoms with Gasteiger partial charge < -0.3 is 5.73 Å². The van der Waals surface area contributed by atoms with E-state index < -0.39 is 0 Å². The van der Waals surface area contributed by atoms with Gasteiger partial charge >= 0.3 is 0 Å². The zero-order valence-corrected chi connectivity index (χ0v) is 9.19. The van der Waals surface area contributed by atoms with Crippen molar-refractivity contribution in [3.05, 3.63) is 29.6 Å². The lowest BCUT2D eigenvalue weighted by Crippen LogP contribution is -1.87. The van der Waals surface area contributed by atoms with Crippen LogP contribution >= 0.6 is 0 Å². The van der Waals surface area contributed by atoms with Crippen molar-refractivity contribution in [2.75, 3.05) is 5.73 Å². The maximum absolute atomic E-state index is 12.4. The third-order valence-electron chi connectivity index (χ3n) is 1.18. The van der Waals surface area contributed by atoms with Crippen molar-refractivity contribution in [2.24, 2.45) is 0 Å². The standard InChI is InChI=1S/C7H8FN.2C2H6/c1-5-4-6(9)2-3-7(5)8;2*1-2/h2-4H,9H2,1H3;2*1-2H3. The molecule has 0 heterocycles. The molecule has 0 spiro atoms. The first-order valence-corrected chi connectivity index (χ1v) is 4.72. The zero-order chi connectivity index (χ0) is 10.9. The number of halogens is 1. The molecule has 13 heavy (non-hydrogen) atoms. The Morgan fingerprint density at radius 2 is 1.54 bits per heavy atom. The number of aryl methyl sites for hydroxylation is 1. The number of nitrogens with two attached hydrogens (primary N) is 1. The summed E-state index contributed by atoms with van der Waals surface area (Å²) in [6.45, 7) is 9.69. The molecule has 76 valence electrons. The highest BCUT2D eigenvalue weighted by Crippen LogP contribution is 2.09. The molecule has 0 saturated heterocycles. The molecule has 0 amide bonds. The largest absolute Gasteiger partial charge is 0.399 e. The highest BCUT2D eigenvalue weighted by molar-refractivity contribution is 5.40. The molecular weight excluding hydrogens is 165 g/mol. The molecular formula is C11H20FN. The van der Waals surface area contributed by atoms with Crippen molar-refractivity contribution in [1.82, 2.24) is 0 Å². The van der Waals surface area contributed by atoms with Gasteiger partial charge in [0.1, 0.15) is 5.82 Å². The molecule has 0 bridgehead atoms. The number of benzene rings is 1. The fraction of sp³-hybridized carbons (Fsp3) is 0.455. The van der Waals surface area contributed by atoms with Crippen LogP contribution in [0.15, 0.2) is 18.2 Å². The van der Waals surface area contributed by atoms with Crippen LogP contribution in [0.5, 0.6) is 0 Å². The maximum atomic E-state index is 12.4. The van der Waals surface area contributed by atoms with E-state index >= 15 is 0 Å². The van der Waals surface area contributed by atoms with Crippen LogP contribution in [0.1, 0.15) is 33.3 Å². The van der Waals surface area contributed by atoms with Gasteiger partial charge in [-0.3, -0.25) is 0 Å². The Balaban J connectivity index is 0. The van der Waals surface area contributed by atoms with Crippen molar-refractivity contribution in [2.45, 2.75) is 34.6 Å². The Bertz CT molecular complexity index is 221. The quantitative estimate of drug-likeness (QED) is 0.612. The molecule has 0 fully saturated rings. The van der Waals surface area contributed by atoms with Gasteiger partial charge in [-0.1, -0.05) is 27.7 Å². The van der Waals surface area contributed by atoms with Crippen molar-refractivity contribution in [3.8, 4) is 0 Å². The Morgan fingerprint density at radius 1 is 1.08 bits per heavy atom. The first-order valence-electron chi connectivity index (χ1n) is 4.72. The van der Waals surface area contributed by atoms with E-state index in [9.17, 15) is 4.39 Å². The number of rotatable bonds is 0. The Kier molecular flexibility index (Phi) is 10.1. The lowest BCUT2D eigenvalue weighted by Gasteiger charge is -1.95. The molecule has 1 nitrogen and oxygen atoms in total. The van der Waals surface area contributed by atoms with Crippen LogP contribution in [0.2, 0.25) is 0 Å². The molecule has 1 rings (SSSR count). The van der Waals surface area contributed by atoms with Gasteiger partial charge in [0.25, 0.3) is 0 Å². The molecule has 2 N–H and O–H groups in total. The number of hydrogen-bond acceptors (Lipinski definition) is 1. The van der Waals surface area contributed by atoms with Crippen molar-refractivity contribution < 1.29 is 4.39 Å². The Labute approximate surface area is 80.8 Å². The molecule has 2 heteroatoms. The lowest BCUT2D eigenvalue weighted by atomic mass is 10.2. The van der Waals surface area contributed by atoms with Crippen molar-refractivity contribution in [3.63, 3.8) is 0 Å². The average molecular weight is 185 g/mol. The van der Waals surface area contributed by atoms with Gasteiger partial charge in [0.05, 0.1) is 0 Å². The molecule has 0 saturated carbocycles. The third kappa shape index (κ3) is 6.14. The number of hydrogen-bond donors (Lipinski definition) is 1. The summed E-state index contributed by atoms with van der Waals surface area (Å²) >= 11 is 0. The van der Waals surface area contributed by atoms with E-state index in [0.29, 0.717) is 11.3 Å². The molecule has 0 radical (unpaired) electrons. The van der Waals surface area contributed by atoms with Crippen molar-refractivity contribution >= 4 is 5.69 Å². The third-order valence-corrected chi connectivity index (χ3v) is 1.18. The minimum absolute atomic E-state index is 0.204. The average Bonchev–Trinajstić information content (AvgIpc) is 2.18. The zero-order valence-electron chi connectivity index (χ0n) is 9.19. The minimum atomic E-state index is -0.204. The fourth-order valence-electron chi connectivity index (χ4n) is 0.668. The van der Waals surface area contributed by atoms with Crippen LogP contribution in [-0.2, 0) is 0 Å². The van der Waals surface area contributed by atoms with Crippen molar-refractivity contribution in [1.29, 1.82) is 0 Å². The second-order valence-corrected chi connectivity index (χ2v) is 2.01. The van der Waals surface area contributed by atoms with Gasteiger partial charge in [-0.15, -0.1) is 0 Å². The summed E-state index contributed by atoms with van der Waals surface area (Å²) in [4.78, 5) is 0. The Hall–Kier alpha value is -1.05. The van der Waals surface area contributed by atoms with Gasteiger partial charge in [0.2, 0.25) is 0 Å². The molecule has 1 aromatic carbocycles. The maximum Gasteiger partial charge on any atom is 0.126 e. The lowest BCUT2D eigenvalue weighted by molar-refractivity contribution is 0.619. The van der Waals surface area contributed by atoms with Crippen LogP contribution < -0.4 is 5.73 Å². The second kappa shape index (κ2) is 9.04. The van der Waals surface area contributed by atoms with E-state index in [4.69, 9.17) is 5.73 Å². The van der Waals surface area contributed by atoms with E-state index in [2.05, 4.69) is 0 Å². The minimum Gasteiger partial charge on any atom is -0.399 e. The monoisotopic (exact) mass is 185 g/mol. The summed E-state index contributed by atoms with van der Waals surface area (Å²) in [7, 11) is 0. The molecule has 1 aromatic rings. The molecule has 0 atom stereocenters. The summed E-state index contributed by atoms with van der Waals surface area (Å²) in [6, 6.07) is 4.52. The predicted octanol–water partition coefficient (Wildman–Crippen LogP) is 3.77. The van der Waals surface area contributed by atoms with Gasteiger partial charge in [-0.25, -0.2) is 4.39 Å². The Morgan fingerprint density at radius 3 is 1.85 bits per heavy atom. The van der Waals surface area contributed by atoms with Gasteiger partial charge in [0.15, 0.2) is 0 Å². The molecule has 0 aliphatic carbocycles. The van der Waals surface area contributed by atoms with Crippen LogP contribution in [0.3, 0.4) is 0 Å². The highest BCUT2D eigenvalue weighted by Gasteiger charge is 1.93. The number of anilines is 1. The van der Waals surface area contributed by atoms with E-state index in [1.165, 1.54) is 6.07 Å². The summed E-state index contributed by atoms with van der Waals surface area (Å²) in [6.07, 6.45) is 0. The SMILES string of the molecule is CC.CC.Cc1cc(N)ccc1F. The summed E-state index contributed by atoms with van der Waals surface area (Å²) in [5.74, 6) is -0.204. The second-order valence-electron chi connectivity index (χ2n) is 2.01. The molecule has 0 unspecified atom stereocenters. The van der Waals surface area contributed by atoms with Gasteiger partial charge in [0, 0.05) is 5.69 Å². The first-order chi connectivity index (χ1) is 6.20. The van der Waals surface area contributed by atoms with Crippen LogP contribution in [-0.4, -0.2) is 0 Å². The summed E-state index contributed by atoms with van der Waals surface area (Å²) in [5, 5.41) is 0. The highest BCUT2D eigenvalue weighted by atomic mass is 19.1. The predicted molar refractivity (Wildman–Crippen MR) is 58.2 cm³/mol. The smallest absolute Gasteiger partial charge is 0.126 e. The summed E-state index contributed by atoms with van der Waals surface area (Å²) < 4.78 is 12.4. The number of nitrogen functional groups attached to an aromatic ring is 1. The van der Waals surface area contributed by atoms with Crippen LogP contribution in [0.4, 0.5) is 10.1 Å². The molecule has 0 aromatic heterocycles. The van der Waals surface area contributed by atoms with E-state index in [1.807, 2.05) is 27.7 Å².